The Balaban J connectivity index is 1.25. The summed E-state index contributed by atoms with van der Waals surface area (Å²) in [5.74, 6) is 2.33. The van der Waals surface area contributed by atoms with E-state index in [0.717, 1.165) is 48.2 Å². The molecule has 0 spiro atoms. The van der Waals surface area contributed by atoms with E-state index < -0.39 is 10.0 Å². The van der Waals surface area contributed by atoms with E-state index >= 15 is 0 Å². The largest absolute Gasteiger partial charge is 0.300 e. The molecule has 2 fully saturated rings. The second kappa shape index (κ2) is 6.73. The third-order valence-electron chi connectivity index (χ3n) is 6.60. The molecule has 2 aromatic rings. The molecule has 5 heteroatoms. The van der Waals surface area contributed by atoms with Crippen LogP contribution in [0, 0.1) is 17.8 Å². The molecule has 2 aliphatic carbocycles. The summed E-state index contributed by atoms with van der Waals surface area (Å²) in [6.45, 7) is 3.97. The molecule has 2 aromatic carbocycles. The third-order valence-corrected chi connectivity index (χ3v) is 8.49. The van der Waals surface area contributed by atoms with Crippen molar-refractivity contribution >= 4 is 20.8 Å². The molecule has 5 rings (SSSR count). The SMILES string of the molecule is O=S(=O)(c1ccc2ccccc2c1)N1CCN(C[C@@H]2C[C@H]3C=C[C@H]2C3)CC1. The Hall–Kier alpha value is -1.69. The summed E-state index contributed by atoms with van der Waals surface area (Å²) in [6.07, 6.45) is 7.44. The van der Waals surface area contributed by atoms with Crippen LogP contribution in [0.1, 0.15) is 12.8 Å². The number of sulfonamides is 1. The van der Waals surface area contributed by atoms with Crippen molar-refractivity contribution in [2.24, 2.45) is 17.8 Å². The average molecular weight is 383 g/mol. The van der Waals surface area contributed by atoms with Crippen LogP contribution in [0.25, 0.3) is 10.8 Å². The van der Waals surface area contributed by atoms with Gasteiger partial charge in [0.05, 0.1) is 4.90 Å². The molecule has 27 heavy (non-hydrogen) atoms. The Kier molecular flexibility index (Phi) is 4.34. The van der Waals surface area contributed by atoms with E-state index in [9.17, 15) is 8.42 Å². The summed E-state index contributed by atoms with van der Waals surface area (Å²) < 4.78 is 27.8. The van der Waals surface area contributed by atoms with Gasteiger partial charge in [-0.3, -0.25) is 0 Å². The Morgan fingerprint density at radius 3 is 2.37 bits per heavy atom. The molecule has 0 amide bonds. The highest BCUT2D eigenvalue weighted by molar-refractivity contribution is 7.89. The van der Waals surface area contributed by atoms with Crippen LogP contribution >= 0.6 is 0 Å². The van der Waals surface area contributed by atoms with Gasteiger partial charge >= 0.3 is 0 Å². The zero-order valence-electron chi connectivity index (χ0n) is 15.5. The molecule has 0 N–H and O–H groups in total. The highest BCUT2D eigenvalue weighted by Crippen LogP contribution is 2.43. The number of piperazine rings is 1. The molecule has 1 saturated carbocycles. The van der Waals surface area contributed by atoms with Gasteiger partial charge in [0.1, 0.15) is 0 Å². The summed E-state index contributed by atoms with van der Waals surface area (Å²) in [6, 6.07) is 13.3. The van der Waals surface area contributed by atoms with Gasteiger partial charge in [-0.25, -0.2) is 8.42 Å². The Labute approximate surface area is 161 Å². The van der Waals surface area contributed by atoms with E-state index in [2.05, 4.69) is 17.1 Å². The molecular weight excluding hydrogens is 356 g/mol. The van der Waals surface area contributed by atoms with Crippen molar-refractivity contribution in [1.82, 2.24) is 9.21 Å². The van der Waals surface area contributed by atoms with Crippen LogP contribution in [-0.2, 0) is 10.0 Å². The molecule has 1 heterocycles. The van der Waals surface area contributed by atoms with Crippen molar-refractivity contribution in [3.8, 4) is 0 Å². The highest BCUT2D eigenvalue weighted by Gasteiger charge is 2.37. The number of hydrogen-bond donors (Lipinski definition) is 0. The van der Waals surface area contributed by atoms with E-state index in [-0.39, 0.29) is 0 Å². The van der Waals surface area contributed by atoms with Crippen LogP contribution < -0.4 is 0 Å². The monoisotopic (exact) mass is 382 g/mol. The Morgan fingerprint density at radius 2 is 1.67 bits per heavy atom. The Bertz CT molecular complexity index is 977. The van der Waals surface area contributed by atoms with Gasteiger partial charge in [-0.2, -0.15) is 4.31 Å². The lowest BCUT2D eigenvalue weighted by Gasteiger charge is -2.36. The van der Waals surface area contributed by atoms with Gasteiger partial charge in [-0.15, -0.1) is 0 Å². The highest BCUT2D eigenvalue weighted by atomic mass is 32.2. The first-order valence-electron chi connectivity index (χ1n) is 9.99. The van der Waals surface area contributed by atoms with Crippen molar-refractivity contribution in [3.05, 3.63) is 54.6 Å². The van der Waals surface area contributed by atoms with Crippen LogP contribution in [0.2, 0.25) is 0 Å². The van der Waals surface area contributed by atoms with Crippen LogP contribution in [0.4, 0.5) is 0 Å². The smallest absolute Gasteiger partial charge is 0.243 e. The Morgan fingerprint density at radius 1 is 0.889 bits per heavy atom. The minimum Gasteiger partial charge on any atom is -0.300 e. The third kappa shape index (κ3) is 3.22. The maximum Gasteiger partial charge on any atom is 0.243 e. The first-order valence-corrected chi connectivity index (χ1v) is 11.4. The van der Waals surface area contributed by atoms with E-state index in [1.54, 1.807) is 16.4 Å². The summed E-state index contributed by atoms with van der Waals surface area (Å²) in [7, 11) is -3.42. The van der Waals surface area contributed by atoms with Crippen LogP contribution in [0.5, 0.6) is 0 Å². The van der Waals surface area contributed by atoms with Gasteiger partial charge in [-0.1, -0.05) is 42.5 Å². The summed E-state index contributed by atoms with van der Waals surface area (Å²) in [5, 5.41) is 2.04. The molecule has 0 unspecified atom stereocenters. The van der Waals surface area contributed by atoms with Gasteiger partial charge in [-0.05, 0) is 53.5 Å². The molecule has 1 aliphatic heterocycles. The minimum atomic E-state index is -3.42. The van der Waals surface area contributed by atoms with Gasteiger partial charge in [0.2, 0.25) is 10.0 Å². The van der Waals surface area contributed by atoms with Crippen LogP contribution in [-0.4, -0.2) is 50.3 Å². The maximum atomic E-state index is 13.1. The van der Waals surface area contributed by atoms with Gasteiger partial charge < -0.3 is 4.90 Å². The zero-order valence-corrected chi connectivity index (χ0v) is 16.3. The van der Waals surface area contributed by atoms with Crippen molar-refractivity contribution in [3.63, 3.8) is 0 Å². The predicted octanol–water partition coefficient (Wildman–Crippen LogP) is 3.36. The molecule has 4 nitrogen and oxygen atoms in total. The fourth-order valence-electron chi connectivity index (χ4n) is 5.07. The van der Waals surface area contributed by atoms with E-state index in [1.165, 1.54) is 12.8 Å². The molecule has 3 atom stereocenters. The van der Waals surface area contributed by atoms with Crippen molar-refractivity contribution in [1.29, 1.82) is 0 Å². The minimum absolute atomic E-state index is 0.410. The normalized spacial score (nSPS) is 29.0. The lowest BCUT2D eigenvalue weighted by Crippen LogP contribution is -2.49. The van der Waals surface area contributed by atoms with Crippen molar-refractivity contribution in [2.45, 2.75) is 17.7 Å². The lowest BCUT2D eigenvalue weighted by atomic mass is 9.93. The molecule has 0 radical (unpaired) electrons. The van der Waals surface area contributed by atoms with Crippen molar-refractivity contribution < 1.29 is 8.42 Å². The van der Waals surface area contributed by atoms with Gasteiger partial charge in [0.15, 0.2) is 0 Å². The first-order chi connectivity index (χ1) is 13.1. The van der Waals surface area contributed by atoms with Gasteiger partial charge in [0, 0.05) is 32.7 Å². The molecular formula is C22H26N2O2S. The number of rotatable bonds is 4. The second-order valence-electron chi connectivity index (χ2n) is 8.25. The molecule has 1 saturated heterocycles. The van der Waals surface area contributed by atoms with E-state index in [0.29, 0.717) is 18.0 Å². The number of benzene rings is 2. The molecule has 3 aliphatic rings. The first kappa shape index (κ1) is 17.4. The summed E-state index contributed by atoms with van der Waals surface area (Å²) in [5.41, 5.74) is 0. The topological polar surface area (TPSA) is 40.6 Å². The quantitative estimate of drug-likeness (QED) is 0.762. The average Bonchev–Trinajstić information content (AvgIpc) is 3.31. The molecule has 0 aromatic heterocycles. The van der Waals surface area contributed by atoms with Crippen LogP contribution in [0.3, 0.4) is 0 Å². The number of hydrogen-bond acceptors (Lipinski definition) is 3. The standard InChI is InChI=1S/C22H26N2O2S/c25-27(26,22-8-7-18-3-1-2-4-19(18)15-22)24-11-9-23(10-12-24)16-21-14-17-5-6-20(21)13-17/h1-8,15,17,20-21H,9-14,16H2/t17-,20-,21-/m0/s1. The number of fused-ring (bicyclic) bond motifs is 3. The lowest BCUT2D eigenvalue weighted by molar-refractivity contribution is 0.156. The zero-order chi connectivity index (χ0) is 18.4. The van der Waals surface area contributed by atoms with E-state index in [1.807, 2.05) is 30.3 Å². The fraction of sp³-hybridized carbons (Fsp3) is 0.455. The van der Waals surface area contributed by atoms with Gasteiger partial charge in [0.25, 0.3) is 0 Å². The maximum absolute atomic E-state index is 13.1. The second-order valence-corrected chi connectivity index (χ2v) is 10.2. The summed E-state index contributed by atoms with van der Waals surface area (Å²) in [4.78, 5) is 2.87. The fourth-order valence-corrected chi connectivity index (χ4v) is 6.52. The number of allylic oxidation sites excluding steroid dienone is 2. The summed E-state index contributed by atoms with van der Waals surface area (Å²) >= 11 is 0. The van der Waals surface area contributed by atoms with Crippen LogP contribution in [0.15, 0.2) is 59.5 Å². The molecule has 142 valence electrons. The van der Waals surface area contributed by atoms with E-state index in [4.69, 9.17) is 0 Å². The number of nitrogens with zero attached hydrogens (tertiary/aromatic N) is 2. The van der Waals surface area contributed by atoms with Crippen molar-refractivity contribution in [2.75, 3.05) is 32.7 Å². The predicted molar refractivity (Wildman–Crippen MR) is 108 cm³/mol. The molecule has 2 bridgehead atoms.